The Morgan fingerprint density at radius 3 is 2.60 bits per heavy atom. The van der Waals surface area contributed by atoms with Crippen molar-refractivity contribution >= 4 is 0 Å². The molecule has 1 rings (SSSR count). The monoisotopic (exact) mass is 213 g/mol. The molecule has 2 heteroatoms. The normalized spacial score (nSPS) is 29.0. The summed E-state index contributed by atoms with van der Waals surface area (Å²) in [4.78, 5) is 0. The summed E-state index contributed by atoms with van der Waals surface area (Å²) >= 11 is 0. The number of nitrogens with one attached hydrogen (secondary N) is 1. The lowest BCUT2D eigenvalue weighted by Crippen LogP contribution is -2.46. The largest absolute Gasteiger partial charge is 0.392 e. The number of unbranched alkanes of at least 4 members (excludes halogenated alkanes) is 1. The zero-order valence-electron chi connectivity index (χ0n) is 10.3. The molecule has 0 bridgehead atoms. The molecule has 0 aromatic carbocycles. The van der Waals surface area contributed by atoms with Crippen molar-refractivity contribution in [2.24, 2.45) is 0 Å². The zero-order chi connectivity index (χ0) is 11.1. The van der Waals surface area contributed by atoms with Gasteiger partial charge in [0.25, 0.3) is 0 Å². The summed E-state index contributed by atoms with van der Waals surface area (Å²) in [5.74, 6) is 0. The van der Waals surface area contributed by atoms with Crippen molar-refractivity contribution in [2.45, 2.75) is 83.4 Å². The number of aliphatic hydroxyl groups is 1. The first-order valence-corrected chi connectivity index (χ1v) is 6.72. The fraction of sp³-hybridized carbons (Fsp3) is 1.00. The molecule has 1 fully saturated rings. The van der Waals surface area contributed by atoms with E-state index in [1.54, 1.807) is 0 Å². The Kier molecular flexibility index (Phi) is 6.26. The van der Waals surface area contributed by atoms with Crippen molar-refractivity contribution in [3.05, 3.63) is 0 Å². The van der Waals surface area contributed by atoms with E-state index in [4.69, 9.17) is 0 Å². The Bertz CT molecular complexity index is 161. The van der Waals surface area contributed by atoms with E-state index in [-0.39, 0.29) is 6.10 Å². The summed E-state index contributed by atoms with van der Waals surface area (Å²) in [5, 5.41) is 13.5. The molecule has 0 unspecified atom stereocenters. The van der Waals surface area contributed by atoms with Gasteiger partial charge >= 0.3 is 0 Å². The van der Waals surface area contributed by atoms with Crippen LogP contribution in [0.4, 0.5) is 0 Å². The second-order valence-electron chi connectivity index (χ2n) is 4.87. The Balaban J connectivity index is 2.29. The van der Waals surface area contributed by atoms with Gasteiger partial charge in [0.1, 0.15) is 0 Å². The fourth-order valence-electron chi connectivity index (χ4n) is 2.46. The first-order valence-electron chi connectivity index (χ1n) is 6.72. The Morgan fingerprint density at radius 1 is 1.27 bits per heavy atom. The minimum atomic E-state index is -0.102. The van der Waals surface area contributed by atoms with Gasteiger partial charge in [0.15, 0.2) is 0 Å². The van der Waals surface area contributed by atoms with E-state index in [0.717, 1.165) is 12.8 Å². The molecule has 1 aliphatic rings. The molecule has 0 radical (unpaired) electrons. The minimum absolute atomic E-state index is 0.102. The van der Waals surface area contributed by atoms with Crippen LogP contribution in [0.5, 0.6) is 0 Å². The topological polar surface area (TPSA) is 32.3 Å². The number of aliphatic hydroxyl groups excluding tert-OH is 1. The standard InChI is InChI=1S/C13H27NO/c1-3-5-8-11(4-2)14-12-9-6-7-10-13(12)15/h11-15H,3-10H2,1-2H3/t11-,12+,13+/m1/s1. The van der Waals surface area contributed by atoms with Gasteiger partial charge < -0.3 is 10.4 Å². The lowest BCUT2D eigenvalue weighted by atomic mass is 9.91. The van der Waals surface area contributed by atoms with Crippen LogP contribution < -0.4 is 5.32 Å². The Labute approximate surface area is 94.5 Å². The molecule has 3 atom stereocenters. The highest BCUT2D eigenvalue weighted by molar-refractivity contribution is 4.83. The zero-order valence-corrected chi connectivity index (χ0v) is 10.3. The quantitative estimate of drug-likeness (QED) is 0.711. The SMILES string of the molecule is CCCC[C@@H](CC)N[C@H]1CCCC[C@@H]1O. The molecular formula is C13H27NO. The number of rotatable bonds is 6. The van der Waals surface area contributed by atoms with Crippen molar-refractivity contribution in [2.75, 3.05) is 0 Å². The van der Waals surface area contributed by atoms with Crippen LogP contribution in [0.25, 0.3) is 0 Å². The maximum Gasteiger partial charge on any atom is 0.0693 e. The lowest BCUT2D eigenvalue weighted by Gasteiger charge is -2.32. The van der Waals surface area contributed by atoms with E-state index in [0.29, 0.717) is 12.1 Å². The van der Waals surface area contributed by atoms with E-state index in [1.807, 2.05) is 0 Å². The molecular weight excluding hydrogens is 186 g/mol. The molecule has 1 saturated carbocycles. The van der Waals surface area contributed by atoms with Crippen molar-refractivity contribution in [1.29, 1.82) is 0 Å². The molecule has 0 aromatic heterocycles. The summed E-state index contributed by atoms with van der Waals surface area (Å²) in [7, 11) is 0. The van der Waals surface area contributed by atoms with Gasteiger partial charge in [0.05, 0.1) is 6.10 Å². The molecule has 15 heavy (non-hydrogen) atoms. The predicted molar refractivity (Wildman–Crippen MR) is 65.0 cm³/mol. The summed E-state index contributed by atoms with van der Waals surface area (Å²) in [6.07, 6.45) is 9.53. The molecule has 0 aromatic rings. The summed E-state index contributed by atoms with van der Waals surface area (Å²) in [5.41, 5.74) is 0. The smallest absolute Gasteiger partial charge is 0.0693 e. The van der Waals surface area contributed by atoms with Gasteiger partial charge in [-0.25, -0.2) is 0 Å². The summed E-state index contributed by atoms with van der Waals surface area (Å²) < 4.78 is 0. The average molecular weight is 213 g/mol. The molecule has 2 nitrogen and oxygen atoms in total. The highest BCUT2D eigenvalue weighted by Crippen LogP contribution is 2.19. The van der Waals surface area contributed by atoms with Crippen LogP contribution in [-0.4, -0.2) is 23.3 Å². The molecule has 1 aliphatic carbocycles. The first-order chi connectivity index (χ1) is 7.27. The third-order valence-electron chi connectivity index (χ3n) is 3.58. The predicted octanol–water partition coefficient (Wildman–Crippen LogP) is 2.85. The van der Waals surface area contributed by atoms with Crippen molar-refractivity contribution in [1.82, 2.24) is 5.32 Å². The van der Waals surface area contributed by atoms with E-state index in [2.05, 4.69) is 19.2 Å². The molecule has 0 aliphatic heterocycles. The van der Waals surface area contributed by atoms with Crippen LogP contribution >= 0.6 is 0 Å². The van der Waals surface area contributed by atoms with Crippen molar-refractivity contribution in [3.63, 3.8) is 0 Å². The Morgan fingerprint density at radius 2 is 2.00 bits per heavy atom. The maximum atomic E-state index is 9.88. The lowest BCUT2D eigenvalue weighted by molar-refractivity contribution is 0.0836. The maximum absolute atomic E-state index is 9.88. The highest BCUT2D eigenvalue weighted by atomic mass is 16.3. The van der Waals surface area contributed by atoms with Gasteiger partial charge in [-0.1, -0.05) is 39.5 Å². The third-order valence-corrected chi connectivity index (χ3v) is 3.58. The molecule has 0 heterocycles. The minimum Gasteiger partial charge on any atom is -0.392 e. The summed E-state index contributed by atoms with van der Waals surface area (Å²) in [6.45, 7) is 4.48. The van der Waals surface area contributed by atoms with Gasteiger partial charge in [-0.05, 0) is 25.7 Å². The average Bonchev–Trinajstić information content (AvgIpc) is 2.26. The van der Waals surface area contributed by atoms with Crippen LogP contribution in [0.1, 0.15) is 65.2 Å². The van der Waals surface area contributed by atoms with Gasteiger partial charge in [0.2, 0.25) is 0 Å². The second-order valence-corrected chi connectivity index (χ2v) is 4.87. The van der Waals surface area contributed by atoms with Crippen molar-refractivity contribution < 1.29 is 5.11 Å². The third kappa shape index (κ3) is 4.52. The molecule has 0 amide bonds. The van der Waals surface area contributed by atoms with Crippen LogP contribution in [0.3, 0.4) is 0 Å². The number of hydrogen-bond acceptors (Lipinski definition) is 2. The van der Waals surface area contributed by atoms with Gasteiger partial charge in [-0.3, -0.25) is 0 Å². The fourth-order valence-corrected chi connectivity index (χ4v) is 2.46. The van der Waals surface area contributed by atoms with Crippen LogP contribution in [0, 0.1) is 0 Å². The Hall–Kier alpha value is -0.0800. The molecule has 0 spiro atoms. The van der Waals surface area contributed by atoms with Crippen LogP contribution in [0.15, 0.2) is 0 Å². The van der Waals surface area contributed by atoms with E-state index >= 15 is 0 Å². The van der Waals surface area contributed by atoms with Crippen LogP contribution in [-0.2, 0) is 0 Å². The van der Waals surface area contributed by atoms with Gasteiger partial charge in [-0.15, -0.1) is 0 Å². The number of hydrogen-bond donors (Lipinski definition) is 2. The highest BCUT2D eigenvalue weighted by Gasteiger charge is 2.24. The van der Waals surface area contributed by atoms with Crippen molar-refractivity contribution in [3.8, 4) is 0 Å². The van der Waals surface area contributed by atoms with Gasteiger partial charge in [-0.2, -0.15) is 0 Å². The van der Waals surface area contributed by atoms with Crippen LogP contribution in [0.2, 0.25) is 0 Å². The van der Waals surface area contributed by atoms with Gasteiger partial charge in [0, 0.05) is 12.1 Å². The van der Waals surface area contributed by atoms with E-state index < -0.39 is 0 Å². The first kappa shape index (κ1) is 13.0. The summed E-state index contributed by atoms with van der Waals surface area (Å²) in [6, 6.07) is 0.975. The van der Waals surface area contributed by atoms with E-state index in [9.17, 15) is 5.11 Å². The molecule has 90 valence electrons. The molecule has 2 N–H and O–H groups in total. The second kappa shape index (κ2) is 7.24. The van der Waals surface area contributed by atoms with E-state index in [1.165, 1.54) is 38.5 Å². The molecule has 0 saturated heterocycles.